The van der Waals surface area contributed by atoms with Crippen molar-refractivity contribution in [1.29, 1.82) is 0 Å². The van der Waals surface area contributed by atoms with Crippen molar-refractivity contribution in [3.05, 3.63) is 46.8 Å². The van der Waals surface area contributed by atoms with Crippen LogP contribution in [0.1, 0.15) is 41.8 Å². The van der Waals surface area contributed by atoms with Crippen molar-refractivity contribution in [2.45, 2.75) is 64.7 Å². The van der Waals surface area contributed by atoms with E-state index in [2.05, 4.69) is 24.3 Å². The Labute approximate surface area is 156 Å². The molecule has 1 aromatic heterocycles. The third-order valence-corrected chi connectivity index (χ3v) is 5.61. The van der Waals surface area contributed by atoms with Crippen LogP contribution in [0.15, 0.2) is 24.3 Å². The fourth-order valence-electron chi connectivity index (χ4n) is 3.90. The van der Waals surface area contributed by atoms with Crippen molar-refractivity contribution >= 4 is 0 Å². The molecular weight excluding hydrogens is 326 g/mol. The van der Waals surface area contributed by atoms with Crippen molar-refractivity contribution in [1.82, 2.24) is 15.1 Å². The maximum Gasteiger partial charge on any atom is 0.126 e. The second kappa shape index (κ2) is 8.23. The van der Waals surface area contributed by atoms with Crippen molar-refractivity contribution < 1.29 is 9.84 Å². The van der Waals surface area contributed by atoms with Gasteiger partial charge in [-0.15, -0.1) is 0 Å². The first-order valence-electron chi connectivity index (χ1n) is 9.60. The molecule has 5 heteroatoms. The molecule has 1 aliphatic carbocycles. The van der Waals surface area contributed by atoms with Gasteiger partial charge in [-0.3, -0.25) is 4.68 Å². The zero-order valence-electron chi connectivity index (χ0n) is 16.3. The van der Waals surface area contributed by atoms with E-state index in [-0.39, 0.29) is 12.1 Å². The number of aliphatic hydroxyl groups excluding tert-OH is 1. The number of hydrogen-bond acceptors (Lipinski definition) is 4. The fraction of sp³-hybridized carbons (Fsp3) is 0.571. The molecule has 0 unspecified atom stereocenters. The zero-order valence-corrected chi connectivity index (χ0v) is 16.3. The van der Waals surface area contributed by atoms with Crippen LogP contribution in [0.4, 0.5) is 0 Å². The predicted molar refractivity (Wildman–Crippen MR) is 104 cm³/mol. The maximum absolute atomic E-state index is 10.8. The summed E-state index contributed by atoms with van der Waals surface area (Å²) >= 11 is 0. The van der Waals surface area contributed by atoms with E-state index in [4.69, 9.17) is 4.74 Å². The lowest BCUT2D eigenvalue weighted by Gasteiger charge is -2.35. The van der Waals surface area contributed by atoms with E-state index >= 15 is 0 Å². The van der Waals surface area contributed by atoms with Gasteiger partial charge in [0.15, 0.2) is 0 Å². The Hall–Kier alpha value is -1.85. The summed E-state index contributed by atoms with van der Waals surface area (Å²) in [5.74, 6) is 0.874. The summed E-state index contributed by atoms with van der Waals surface area (Å²) in [6.45, 7) is 7.05. The minimum Gasteiger partial charge on any atom is -0.487 e. The number of para-hydroxylation sites is 1. The first-order valence-corrected chi connectivity index (χ1v) is 9.60. The number of hydrogen-bond donors (Lipinski definition) is 2. The van der Waals surface area contributed by atoms with E-state index in [1.807, 2.05) is 42.9 Å². The highest BCUT2D eigenvalue weighted by Crippen LogP contribution is 2.26. The molecule has 0 spiro atoms. The van der Waals surface area contributed by atoms with Crippen LogP contribution in [0.5, 0.6) is 5.75 Å². The quantitative estimate of drug-likeness (QED) is 0.835. The lowest BCUT2D eigenvalue weighted by Crippen LogP contribution is -2.51. The fourth-order valence-corrected chi connectivity index (χ4v) is 3.90. The summed E-state index contributed by atoms with van der Waals surface area (Å²) in [6.07, 6.45) is 3.24. The first-order chi connectivity index (χ1) is 12.5. The molecule has 1 aliphatic rings. The summed E-state index contributed by atoms with van der Waals surface area (Å²) in [5, 5.41) is 18.8. The molecule has 142 valence electrons. The van der Waals surface area contributed by atoms with Crippen molar-refractivity contribution in [3.63, 3.8) is 0 Å². The van der Waals surface area contributed by atoms with E-state index in [0.29, 0.717) is 0 Å². The van der Waals surface area contributed by atoms with Crippen LogP contribution in [0.25, 0.3) is 0 Å². The molecule has 1 saturated carbocycles. The topological polar surface area (TPSA) is 59.3 Å². The third kappa shape index (κ3) is 4.10. The van der Waals surface area contributed by atoms with E-state index in [1.165, 1.54) is 11.3 Å². The van der Waals surface area contributed by atoms with Gasteiger partial charge < -0.3 is 15.2 Å². The molecule has 26 heavy (non-hydrogen) atoms. The molecule has 0 amide bonds. The summed E-state index contributed by atoms with van der Waals surface area (Å²) < 4.78 is 8.07. The van der Waals surface area contributed by atoms with E-state index in [0.717, 1.165) is 49.2 Å². The molecule has 0 radical (unpaired) electrons. The molecule has 5 nitrogen and oxygen atoms in total. The van der Waals surface area contributed by atoms with Crippen LogP contribution in [-0.4, -0.2) is 39.7 Å². The van der Waals surface area contributed by atoms with Gasteiger partial charge in [-0.2, -0.15) is 5.10 Å². The molecule has 0 aliphatic heterocycles. The smallest absolute Gasteiger partial charge is 0.126 e. The minimum atomic E-state index is -0.487. The van der Waals surface area contributed by atoms with Gasteiger partial charge in [-0.1, -0.05) is 18.2 Å². The number of aryl methyl sites for hydroxylation is 3. The SMILES string of the molecule is Cc1ccccc1O[C@@H]1CCC[C@H](NCCc2c(C)nn(C)c2C)[C@H]1O. The van der Waals surface area contributed by atoms with Gasteiger partial charge in [0.05, 0.1) is 5.69 Å². The highest BCUT2D eigenvalue weighted by atomic mass is 16.5. The number of aromatic nitrogens is 2. The Bertz CT molecular complexity index is 741. The van der Waals surface area contributed by atoms with Crippen LogP contribution in [0.2, 0.25) is 0 Å². The van der Waals surface area contributed by atoms with Crippen LogP contribution >= 0.6 is 0 Å². The predicted octanol–water partition coefficient (Wildman–Crippen LogP) is 2.84. The molecule has 0 bridgehead atoms. The number of benzene rings is 1. The van der Waals surface area contributed by atoms with Crippen LogP contribution in [-0.2, 0) is 13.5 Å². The second-order valence-electron chi connectivity index (χ2n) is 7.43. The highest BCUT2D eigenvalue weighted by molar-refractivity contribution is 5.32. The number of ether oxygens (including phenoxy) is 1. The molecule has 3 atom stereocenters. The standard InChI is InChI=1S/C21H31N3O2/c1-14-8-5-6-10-19(14)26-20-11-7-9-18(21(20)25)22-13-12-17-15(2)23-24(4)16(17)3/h5-6,8,10,18,20-22,25H,7,9,11-13H2,1-4H3/t18-,20+,21+/m0/s1. The maximum atomic E-state index is 10.8. The molecule has 2 N–H and O–H groups in total. The van der Waals surface area contributed by atoms with Gasteiger partial charge in [-0.05, 0) is 70.2 Å². The van der Waals surface area contributed by atoms with Crippen LogP contribution < -0.4 is 10.1 Å². The Morgan fingerprint density at radius 3 is 2.69 bits per heavy atom. The molecule has 2 aromatic rings. The molecule has 1 aromatic carbocycles. The molecular formula is C21H31N3O2. The van der Waals surface area contributed by atoms with Crippen LogP contribution in [0.3, 0.4) is 0 Å². The number of rotatable bonds is 6. The Kier molecular flexibility index (Phi) is 5.99. The first kappa shape index (κ1) is 18.9. The van der Waals surface area contributed by atoms with E-state index < -0.39 is 6.10 Å². The Morgan fingerprint density at radius 2 is 2.00 bits per heavy atom. The lowest BCUT2D eigenvalue weighted by atomic mass is 9.89. The molecule has 0 saturated heterocycles. The molecule has 1 heterocycles. The normalized spacial score (nSPS) is 23.2. The average molecular weight is 357 g/mol. The highest BCUT2D eigenvalue weighted by Gasteiger charge is 2.33. The van der Waals surface area contributed by atoms with Crippen molar-refractivity contribution in [2.24, 2.45) is 7.05 Å². The van der Waals surface area contributed by atoms with Crippen molar-refractivity contribution in [2.75, 3.05) is 6.54 Å². The van der Waals surface area contributed by atoms with Gasteiger partial charge in [-0.25, -0.2) is 0 Å². The number of nitrogens with zero attached hydrogens (tertiary/aromatic N) is 2. The molecule has 3 rings (SSSR count). The van der Waals surface area contributed by atoms with Gasteiger partial charge in [0.25, 0.3) is 0 Å². The lowest BCUT2D eigenvalue weighted by molar-refractivity contribution is -0.0154. The van der Waals surface area contributed by atoms with Gasteiger partial charge in [0, 0.05) is 18.8 Å². The van der Waals surface area contributed by atoms with E-state index in [1.54, 1.807) is 0 Å². The summed E-state index contributed by atoms with van der Waals surface area (Å²) in [5.41, 5.74) is 4.72. The van der Waals surface area contributed by atoms with E-state index in [9.17, 15) is 5.11 Å². The van der Waals surface area contributed by atoms with Gasteiger partial charge in [0.2, 0.25) is 0 Å². The third-order valence-electron chi connectivity index (χ3n) is 5.61. The Morgan fingerprint density at radius 1 is 1.23 bits per heavy atom. The Balaban J connectivity index is 1.56. The number of aliphatic hydroxyl groups is 1. The van der Waals surface area contributed by atoms with Gasteiger partial charge in [0.1, 0.15) is 18.0 Å². The van der Waals surface area contributed by atoms with Crippen molar-refractivity contribution in [3.8, 4) is 5.75 Å². The monoisotopic (exact) mass is 357 g/mol. The average Bonchev–Trinajstić information content (AvgIpc) is 2.86. The zero-order chi connectivity index (χ0) is 18.7. The largest absolute Gasteiger partial charge is 0.487 e. The van der Waals surface area contributed by atoms with Crippen LogP contribution in [0, 0.1) is 20.8 Å². The number of nitrogens with one attached hydrogen (secondary N) is 1. The molecule has 1 fully saturated rings. The second-order valence-corrected chi connectivity index (χ2v) is 7.43. The minimum absolute atomic E-state index is 0.0788. The summed E-state index contributed by atoms with van der Waals surface area (Å²) in [6, 6.07) is 8.08. The summed E-state index contributed by atoms with van der Waals surface area (Å²) in [7, 11) is 1.98. The van der Waals surface area contributed by atoms with Gasteiger partial charge >= 0.3 is 0 Å². The summed E-state index contributed by atoms with van der Waals surface area (Å²) in [4.78, 5) is 0.